The Morgan fingerprint density at radius 2 is 1.88 bits per heavy atom. The van der Waals surface area contributed by atoms with Gasteiger partial charge in [0.2, 0.25) is 0 Å². The fraction of sp³-hybridized carbons (Fsp3) is 0. The van der Waals surface area contributed by atoms with Crippen molar-refractivity contribution in [2.75, 3.05) is 0 Å². The van der Waals surface area contributed by atoms with Crippen LogP contribution in [-0.2, 0) is 0 Å². The average Bonchev–Trinajstić information content (AvgIpc) is 2.82. The third kappa shape index (κ3) is 1.64. The lowest BCUT2D eigenvalue weighted by Gasteiger charge is -2.02. The molecule has 4 heteroatoms. The number of hydrogen-bond acceptors (Lipinski definition) is 3. The van der Waals surface area contributed by atoms with Crippen molar-refractivity contribution < 1.29 is 0 Å². The molecular weight excluding hydrogens is 284 g/mol. The molecule has 2 nitrogen and oxygen atoms in total. The Labute approximate surface area is 105 Å². The molecule has 0 amide bonds. The molecule has 0 fully saturated rings. The van der Waals surface area contributed by atoms with Crippen molar-refractivity contribution in [1.82, 2.24) is 9.97 Å². The van der Waals surface area contributed by atoms with E-state index in [2.05, 4.69) is 25.9 Å². The first-order valence-electron chi connectivity index (χ1n) is 4.81. The Bertz CT molecular complexity index is 635. The zero-order valence-corrected chi connectivity index (χ0v) is 10.6. The molecule has 0 unspecified atom stereocenters. The molecule has 16 heavy (non-hydrogen) atoms. The molecule has 0 N–H and O–H groups in total. The highest BCUT2D eigenvalue weighted by Gasteiger charge is 2.07. The van der Waals surface area contributed by atoms with Gasteiger partial charge in [0.1, 0.15) is 4.60 Å². The molecular formula is C12H7BrN2S. The number of aromatic nitrogens is 2. The summed E-state index contributed by atoms with van der Waals surface area (Å²) < 4.78 is 0.849. The topological polar surface area (TPSA) is 25.8 Å². The highest BCUT2D eigenvalue weighted by atomic mass is 79.9. The molecule has 2 heterocycles. The van der Waals surface area contributed by atoms with Gasteiger partial charge in [0, 0.05) is 5.39 Å². The van der Waals surface area contributed by atoms with Crippen LogP contribution in [0.25, 0.3) is 21.6 Å². The maximum atomic E-state index is 4.55. The van der Waals surface area contributed by atoms with Gasteiger partial charge < -0.3 is 0 Å². The van der Waals surface area contributed by atoms with Gasteiger partial charge in [-0.25, -0.2) is 9.97 Å². The van der Waals surface area contributed by atoms with Crippen molar-refractivity contribution in [3.63, 3.8) is 0 Å². The number of rotatable bonds is 1. The van der Waals surface area contributed by atoms with Crippen LogP contribution in [0.15, 0.2) is 46.4 Å². The van der Waals surface area contributed by atoms with Gasteiger partial charge in [0.25, 0.3) is 0 Å². The van der Waals surface area contributed by atoms with Gasteiger partial charge in [-0.15, -0.1) is 11.3 Å². The lowest BCUT2D eigenvalue weighted by atomic mass is 10.2. The SMILES string of the molecule is Brc1nc(-c2cccs2)nc2ccccc12. The predicted molar refractivity (Wildman–Crippen MR) is 70.6 cm³/mol. The molecule has 0 aliphatic heterocycles. The van der Waals surface area contributed by atoms with Crippen molar-refractivity contribution in [2.45, 2.75) is 0 Å². The fourth-order valence-corrected chi connectivity index (χ4v) is 2.71. The number of halogens is 1. The van der Waals surface area contributed by atoms with E-state index >= 15 is 0 Å². The molecule has 0 saturated heterocycles. The van der Waals surface area contributed by atoms with E-state index in [1.807, 2.05) is 41.8 Å². The van der Waals surface area contributed by atoms with Crippen LogP contribution in [0.4, 0.5) is 0 Å². The standard InChI is InChI=1S/C12H7BrN2S/c13-11-8-4-1-2-5-9(8)14-12(15-11)10-6-3-7-16-10/h1-7H. The highest BCUT2D eigenvalue weighted by molar-refractivity contribution is 9.10. The third-order valence-electron chi connectivity index (χ3n) is 2.30. The van der Waals surface area contributed by atoms with Crippen LogP contribution in [0.5, 0.6) is 0 Å². The monoisotopic (exact) mass is 290 g/mol. The fourth-order valence-electron chi connectivity index (χ4n) is 1.55. The van der Waals surface area contributed by atoms with E-state index in [1.165, 1.54) is 0 Å². The molecule has 0 aliphatic carbocycles. The third-order valence-corrected chi connectivity index (χ3v) is 3.77. The summed E-state index contributed by atoms with van der Waals surface area (Å²) >= 11 is 5.13. The van der Waals surface area contributed by atoms with Gasteiger partial charge in [0.05, 0.1) is 10.4 Å². The Morgan fingerprint density at radius 3 is 2.69 bits per heavy atom. The lowest BCUT2D eigenvalue weighted by Crippen LogP contribution is -1.89. The summed E-state index contributed by atoms with van der Waals surface area (Å²) in [6.07, 6.45) is 0. The van der Waals surface area contributed by atoms with E-state index in [4.69, 9.17) is 0 Å². The van der Waals surface area contributed by atoms with Crippen LogP contribution in [0.2, 0.25) is 0 Å². The quantitative estimate of drug-likeness (QED) is 0.630. The Kier molecular flexibility index (Phi) is 2.46. The molecule has 1 aromatic carbocycles. The molecule has 0 radical (unpaired) electrons. The minimum Gasteiger partial charge on any atom is -0.227 e. The Morgan fingerprint density at radius 1 is 1.00 bits per heavy atom. The summed E-state index contributed by atoms with van der Waals surface area (Å²) in [5.41, 5.74) is 0.966. The first-order valence-corrected chi connectivity index (χ1v) is 6.48. The average molecular weight is 291 g/mol. The Hall–Kier alpha value is -1.26. The summed E-state index contributed by atoms with van der Waals surface area (Å²) in [5.74, 6) is 0.778. The van der Waals surface area contributed by atoms with Crippen LogP contribution in [0.1, 0.15) is 0 Å². The van der Waals surface area contributed by atoms with Crippen LogP contribution in [-0.4, -0.2) is 9.97 Å². The predicted octanol–water partition coefficient (Wildman–Crippen LogP) is 4.12. The molecule has 78 valence electrons. The minimum absolute atomic E-state index is 0.778. The largest absolute Gasteiger partial charge is 0.227 e. The normalized spacial score (nSPS) is 10.8. The van der Waals surface area contributed by atoms with E-state index in [0.29, 0.717) is 0 Å². The first kappa shape index (κ1) is 9.93. The minimum atomic E-state index is 0.778. The van der Waals surface area contributed by atoms with Crippen LogP contribution in [0, 0.1) is 0 Å². The second-order valence-electron chi connectivity index (χ2n) is 3.33. The number of benzene rings is 1. The molecule has 0 spiro atoms. The van der Waals surface area contributed by atoms with E-state index in [1.54, 1.807) is 11.3 Å². The van der Waals surface area contributed by atoms with Crippen molar-refractivity contribution in [3.8, 4) is 10.7 Å². The highest BCUT2D eigenvalue weighted by Crippen LogP contribution is 2.27. The van der Waals surface area contributed by atoms with Gasteiger partial charge >= 0.3 is 0 Å². The van der Waals surface area contributed by atoms with E-state index in [-0.39, 0.29) is 0 Å². The molecule has 0 aliphatic rings. The molecule has 0 saturated carbocycles. The number of para-hydroxylation sites is 1. The number of fused-ring (bicyclic) bond motifs is 1. The van der Waals surface area contributed by atoms with Crippen molar-refractivity contribution >= 4 is 38.2 Å². The number of hydrogen-bond donors (Lipinski definition) is 0. The summed E-state index contributed by atoms with van der Waals surface area (Å²) in [4.78, 5) is 10.1. The van der Waals surface area contributed by atoms with Gasteiger partial charge in [0.15, 0.2) is 5.82 Å². The maximum Gasteiger partial charge on any atom is 0.171 e. The van der Waals surface area contributed by atoms with E-state index < -0.39 is 0 Å². The summed E-state index contributed by atoms with van der Waals surface area (Å²) in [7, 11) is 0. The second-order valence-corrected chi connectivity index (χ2v) is 5.03. The van der Waals surface area contributed by atoms with Crippen LogP contribution >= 0.6 is 27.3 Å². The molecule has 0 bridgehead atoms. The number of nitrogens with zero attached hydrogens (tertiary/aromatic N) is 2. The first-order chi connectivity index (χ1) is 7.84. The summed E-state index contributed by atoms with van der Waals surface area (Å²) in [6, 6.07) is 12.0. The smallest absolute Gasteiger partial charge is 0.171 e. The summed E-state index contributed by atoms with van der Waals surface area (Å²) in [5, 5.41) is 3.07. The van der Waals surface area contributed by atoms with Crippen LogP contribution < -0.4 is 0 Å². The second kappa shape index (κ2) is 3.96. The zero-order chi connectivity index (χ0) is 11.0. The molecule has 2 aromatic heterocycles. The molecule has 3 aromatic rings. The van der Waals surface area contributed by atoms with Gasteiger partial charge in [-0.3, -0.25) is 0 Å². The molecule has 3 rings (SSSR count). The van der Waals surface area contributed by atoms with Gasteiger partial charge in [-0.1, -0.05) is 24.3 Å². The zero-order valence-electron chi connectivity index (χ0n) is 8.22. The van der Waals surface area contributed by atoms with Gasteiger partial charge in [-0.2, -0.15) is 0 Å². The Balaban J connectivity index is 2.29. The number of thiophene rings is 1. The van der Waals surface area contributed by atoms with Gasteiger partial charge in [-0.05, 0) is 33.4 Å². The molecule has 0 atom stereocenters. The van der Waals surface area contributed by atoms with E-state index in [0.717, 1.165) is 26.2 Å². The maximum absolute atomic E-state index is 4.55. The summed E-state index contributed by atoms with van der Waals surface area (Å²) in [6.45, 7) is 0. The van der Waals surface area contributed by atoms with Crippen LogP contribution in [0.3, 0.4) is 0 Å². The van der Waals surface area contributed by atoms with Crippen molar-refractivity contribution in [3.05, 3.63) is 46.4 Å². The van der Waals surface area contributed by atoms with E-state index in [9.17, 15) is 0 Å². The lowest BCUT2D eigenvalue weighted by molar-refractivity contribution is 1.21. The van der Waals surface area contributed by atoms with Crippen molar-refractivity contribution in [2.24, 2.45) is 0 Å². The van der Waals surface area contributed by atoms with Crippen molar-refractivity contribution in [1.29, 1.82) is 0 Å².